The molecule has 8 heteroatoms. The number of aryl methyl sites for hydroxylation is 1. The third-order valence-corrected chi connectivity index (χ3v) is 6.02. The second-order valence-corrected chi connectivity index (χ2v) is 7.75. The van der Waals surface area contributed by atoms with E-state index in [1.165, 1.54) is 17.4 Å². The second-order valence-electron chi connectivity index (χ2n) is 4.22. The molecule has 1 aromatic carbocycles. The van der Waals surface area contributed by atoms with Crippen molar-refractivity contribution in [2.75, 3.05) is 12.3 Å². The van der Waals surface area contributed by atoms with E-state index in [4.69, 9.17) is 5.73 Å². The molecule has 0 fully saturated rings. The third kappa shape index (κ3) is 3.78. The number of sulfonamides is 1. The summed E-state index contributed by atoms with van der Waals surface area (Å²) in [6.07, 6.45) is 0.567. The quantitative estimate of drug-likeness (QED) is 0.785. The Labute approximate surface area is 130 Å². The van der Waals surface area contributed by atoms with Gasteiger partial charge in [0.15, 0.2) is 0 Å². The highest BCUT2D eigenvalue weighted by Crippen LogP contribution is 2.24. The number of nitrogen functional groups attached to an aromatic ring is 1. The van der Waals surface area contributed by atoms with E-state index in [2.05, 4.69) is 25.6 Å². The van der Waals surface area contributed by atoms with Crippen LogP contribution in [0.1, 0.15) is 10.7 Å². The molecular weight excluding hydrogens is 362 g/mol. The van der Waals surface area contributed by atoms with E-state index in [1.807, 2.05) is 12.3 Å². The van der Waals surface area contributed by atoms with Crippen LogP contribution in [0.2, 0.25) is 0 Å². The molecular formula is C12H14BrN3O2S2. The summed E-state index contributed by atoms with van der Waals surface area (Å²) >= 11 is 4.75. The van der Waals surface area contributed by atoms with Crippen LogP contribution in [0.25, 0.3) is 0 Å². The van der Waals surface area contributed by atoms with Crippen molar-refractivity contribution in [3.63, 3.8) is 0 Å². The zero-order chi connectivity index (χ0) is 14.8. The lowest BCUT2D eigenvalue weighted by atomic mass is 10.3. The van der Waals surface area contributed by atoms with Crippen molar-refractivity contribution >= 4 is 43.0 Å². The Bertz CT molecular complexity index is 713. The summed E-state index contributed by atoms with van der Waals surface area (Å²) in [7, 11) is -3.58. The minimum absolute atomic E-state index is 0.146. The first-order valence-electron chi connectivity index (χ1n) is 5.84. The molecule has 0 saturated carbocycles. The first-order chi connectivity index (χ1) is 9.38. The van der Waals surface area contributed by atoms with Crippen molar-refractivity contribution in [1.82, 2.24) is 9.71 Å². The summed E-state index contributed by atoms with van der Waals surface area (Å²) in [6, 6.07) is 4.69. The predicted molar refractivity (Wildman–Crippen MR) is 84.3 cm³/mol. The Hall–Kier alpha value is -0.960. The van der Waals surface area contributed by atoms with Gasteiger partial charge >= 0.3 is 0 Å². The molecule has 0 aliphatic rings. The van der Waals surface area contributed by atoms with Gasteiger partial charge in [0.1, 0.15) is 0 Å². The maximum atomic E-state index is 12.2. The highest BCUT2D eigenvalue weighted by Gasteiger charge is 2.17. The lowest BCUT2D eigenvalue weighted by molar-refractivity contribution is 0.581. The van der Waals surface area contributed by atoms with E-state index in [9.17, 15) is 8.42 Å². The number of halogens is 1. The summed E-state index contributed by atoms with van der Waals surface area (Å²) < 4.78 is 27.4. The first-order valence-corrected chi connectivity index (χ1v) is 9.00. The Morgan fingerprint density at radius 3 is 2.85 bits per heavy atom. The fourth-order valence-electron chi connectivity index (χ4n) is 1.61. The van der Waals surface area contributed by atoms with Gasteiger partial charge < -0.3 is 5.73 Å². The minimum Gasteiger partial charge on any atom is -0.399 e. The molecule has 0 aliphatic carbocycles. The normalized spacial score (nSPS) is 11.7. The fraction of sp³-hybridized carbons (Fsp3) is 0.250. The molecule has 0 saturated heterocycles. The number of aromatic nitrogens is 1. The van der Waals surface area contributed by atoms with Crippen LogP contribution >= 0.6 is 27.3 Å². The maximum Gasteiger partial charge on any atom is 0.241 e. The lowest BCUT2D eigenvalue weighted by Gasteiger charge is -2.08. The van der Waals surface area contributed by atoms with Crippen molar-refractivity contribution in [2.24, 2.45) is 0 Å². The Morgan fingerprint density at radius 1 is 1.45 bits per heavy atom. The van der Waals surface area contributed by atoms with Gasteiger partial charge in [-0.2, -0.15) is 0 Å². The summed E-state index contributed by atoms with van der Waals surface area (Å²) in [6.45, 7) is 2.21. The Morgan fingerprint density at radius 2 is 2.20 bits per heavy atom. The number of nitrogens with two attached hydrogens (primary N) is 1. The zero-order valence-electron chi connectivity index (χ0n) is 10.8. The molecule has 2 aromatic rings. The molecule has 108 valence electrons. The van der Waals surface area contributed by atoms with Gasteiger partial charge in [-0.3, -0.25) is 0 Å². The van der Waals surface area contributed by atoms with Gasteiger partial charge in [-0.1, -0.05) is 0 Å². The maximum absolute atomic E-state index is 12.2. The Balaban J connectivity index is 2.06. The highest BCUT2D eigenvalue weighted by atomic mass is 79.9. The van der Waals surface area contributed by atoms with Crippen LogP contribution in [-0.4, -0.2) is 19.9 Å². The first kappa shape index (κ1) is 15.4. The standard InChI is InChI=1S/C12H14BrN3O2S2/c1-8-7-19-12(16-8)4-5-15-20(17,18)11-6-9(14)2-3-10(11)13/h2-3,6-7,15H,4-5,14H2,1H3. The summed E-state index contributed by atoms with van der Waals surface area (Å²) in [5, 5.41) is 2.86. The van der Waals surface area contributed by atoms with Crippen molar-refractivity contribution in [3.05, 3.63) is 38.8 Å². The number of hydrogen-bond acceptors (Lipinski definition) is 5. The molecule has 0 unspecified atom stereocenters. The molecule has 0 amide bonds. The molecule has 3 N–H and O–H groups in total. The second kappa shape index (κ2) is 6.21. The molecule has 1 aromatic heterocycles. The van der Waals surface area contributed by atoms with Gasteiger partial charge in [0.25, 0.3) is 0 Å². The minimum atomic E-state index is -3.58. The van der Waals surface area contributed by atoms with E-state index in [0.29, 0.717) is 23.1 Å². The predicted octanol–water partition coefficient (Wildman–Crippen LogP) is 2.32. The number of hydrogen-bond donors (Lipinski definition) is 2. The third-order valence-electron chi connectivity index (χ3n) is 2.54. The van der Waals surface area contributed by atoms with Crippen LogP contribution in [0.5, 0.6) is 0 Å². The molecule has 20 heavy (non-hydrogen) atoms. The van der Waals surface area contributed by atoms with Gasteiger partial charge in [0.2, 0.25) is 10.0 Å². The molecule has 0 spiro atoms. The van der Waals surface area contributed by atoms with E-state index < -0.39 is 10.0 Å². The van der Waals surface area contributed by atoms with E-state index in [1.54, 1.807) is 12.1 Å². The summed E-state index contributed by atoms with van der Waals surface area (Å²) in [5.41, 5.74) is 6.98. The molecule has 5 nitrogen and oxygen atoms in total. The van der Waals surface area contributed by atoms with Crippen LogP contribution in [-0.2, 0) is 16.4 Å². The van der Waals surface area contributed by atoms with E-state index in [-0.39, 0.29) is 4.90 Å². The average molecular weight is 376 g/mol. The van der Waals surface area contributed by atoms with Crippen LogP contribution in [0, 0.1) is 6.92 Å². The number of anilines is 1. The van der Waals surface area contributed by atoms with Gasteiger partial charge in [0.05, 0.1) is 9.90 Å². The average Bonchev–Trinajstić information content (AvgIpc) is 2.78. The van der Waals surface area contributed by atoms with Crippen LogP contribution in [0.4, 0.5) is 5.69 Å². The van der Waals surface area contributed by atoms with E-state index in [0.717, 1.165) is 10.7 Å². The molecule has 0 radical (unpaired) electrons. The molecule has 2 rings (SSSR count). The van der Waals surface area contributed by atoms with Crippen molar-refractivity contribution in [2.45, 2.75) is 18.2 Å². The molecule has 0 aliphatic heterocycles. The monoisotopic (exact) mass is 375 g/mol. The topological polar surface area (TPSA) is 85.1 Å². The van der Waals surface area contributed by atoms with Crippen LogP contribution in [0.3, 0.4) is 0 Å². The highest BCUT2D eigenvalue weighted by molar-refractivity contribution is 9.10. The van der Waals surface area contributed by atoms with Gasteiger partial charge in [0, 0.05) is 34.2 Å². The summed E-state index contributed by atoms with van der Waals surface area (Å²) in [5.74, 6) is 0. The van der Waals surface area contributed by atoms with E-state index >= 15 is 0 Å². The fourth-order valence-corrected chi connectivity index (χ4v) is 4.42. The zero-order valence-corrected chi connectivity index (χ0v) is 14.0. The van der Waals surface area contributed by atoms with Crippen molar-refractivity contribution in [3.8, 4) is 0 Å². The molecule has 0 atom stereocenters. The SMILES string of the molecule is Cc1csc(CCNS(=O)(=O)c2cc(N)ccc2Br)n1. The Kier molecular flexibility index (Phi) is 4.79. The van der Waals surface area contributed by atoms with Gasteiger partial charge in [-0.25, -0.2) is 18.1 Å². The van der Waals surface area contributed by atoms with Crippen molar-refractivity contribution < 1.29 is 8.42 Å². The van der Waals surface area contributed by atoms with Crippen LogP contribution in [0.15, 0.2) is 32.9 Å². The number of rotatable bonds is 5. The number of thiazole rings is 1. The van der Waals surface area contributed by atoms with Gasteiger partial charge in [-0.05, 0) is 41.1 Å². The lowest BCUT2D eigenvalue weighted by Crippen LogP contribution is -2.26. The van der Waals surface area contributed by atoms with Gasteiger partial charge in [-0.15, -0.1) is 11.3 Å². The van der Waals surface area contributed by atoms with Crippen LogP contribution < -0.4 is 10.5 Å². The molecule has 1 heterocycles. The summed E-state index contributed by atoms with van der Waals surface area (Å²) in [4.78, 5) is 4.44. The number of nitrogens with zero attached hydrogens (tertiary/aromatic N) is 1. The smallest absolute Gasteiger partial charge is 0.241 e. The molecule has 0 bridgehead atoms. The number of nitrogens with one attached hydrogen (secondary N) is 1. The number of benzene rings is 1. The largest absolute Gasteiger partial charge is 0.399 e. The van der Waals surface area contributed by atoms with Crippen molar-refractivity contribution in [1.29, 1.82) is 0 Å².